The maximum Gasteiger partial charge on any atom is 0.259 e. The number of nitrogens with one attached hydrogen (secondary N) is 1. The van der Waals surface area contributed by atoms with Crippen molar-refractivity contribution < 1.29 is 14.6 Å². The monoisotopic (exact) mass is 575 g/mol. The fourth-order valence-corrected chi connectivity index (χ4v) is 4.43. The lowest BCUT2D eigenvalue weighted by Crippen LogP contribution is -2.13. The Labute approximate surface area is 252 Å². The van der Waals surface area contributed by atoms with Crippen molar-refractivity contribution in [2.45, 2.75) is 23.5 Å². The molecule has 1 amide bonds. The van der Waals surface area contributed by atoms with Gasteiger partial charge in [0.05, 0.1) is 11.3 Å². The van der Waals surface area contributed by atoms with Crippen molar-refractivity contribution in [3.05, 3.63) is 60.2 Å². The molecule has 43 heavy (non-hydrogen) atoms. The molecule has 0 radical (unpaired) electrons. The largest absolute Gasteiger partial charge is 0.506 e. The van der Waals surface area contributed by atoms with E-state index in [2.05, 4.69) is 98.0 Å². The Morgan fingerprint density at radius 2 is 1.56 bits per heavy atom. The molecule has 4 rings (SSSR count). The fraction of sp³-hybridized carbons (Fsp3) is 0.0588. The number of rotatable bonds is 6. The van der Waals surface area contributed by atoms with Gasteiger partial charge in [-0.1, -0.05) is 36.4 Å². The summed E-state index contributed by atoms with van der Waals surface area (Å²) >= 11 is 1.30. The summed E-state index contributed by atoms with van der Waals surface area (Å²) in [5.41, 5.74) is 0.409. The van der Waals surface area contributed by atoms with Gasteiger partial charge < -0.3 is 15.2 Å². The maximum absolute atomic E-state index is 13.4. The van der Waals surface area contributed by atoms with Crippen LogP contribution in [-0.2, 0) is 6.54 Å². The molecule has 0 aliphatic rings. The lowest BCUT2D eigenvalue weighted by atomic mass is 10.0. The molecule has 0 bridgehead atoms. The Balaban J connectivity index is 1.51. The lowest BCUT2D eigenvalue weighted by Gasteiger charge is -2.14. The molecule has 0 atom stereocenters. The minimum absolute atomic E-state index is 0.0663. The molecule has 1 heterocycles. The Kier molecular flexibility index (Phi) is 10.4. The molecular weight excluding hydrogens is 558 g/mol. The van der Waals surface area contributed by atoms with Crippen molar-refractivity contribution in [1.29, 1.82) is 0 Å². The van der Waals surface area contributed by atoms with E-state index in [4.69, 9.17) is 11.2 Å². The fourth-order valence-electron chi connectivity index (χ4n) is 3.42. The van der Waals surface area contributed by atoms with Crippen molar-refractivity contribution in [2.75, 3.05) is 5.32 Å². The maximum atomic E-state index is 13.4. The number of anilines is 1. The molecule has 0 fully saturated rings. The van der Waals surface area contributed by atoms with Crippen LogP contribution in [0.5, 0.6) is 11.5 Å². The van der Waals surface area contributed by atoms with Gasteiger partial charge in [-0.2, -0.15) is 0 Å². The molecule has 8 nitrogen and oxygen atoms in total. The molecule has 0 aliphatic heterocycles. The summed E-state index contributed by atoms with van der Waals surface area (Å²) in [5.74, 6) is 29.0. The number of carbonyl (C=O) groups is 1. The van der Waals surface area contributed by atoms with Crippen LogP contribution in [0.2, 0.25) is 0 Å². The van der Waals surface area contributed by atoms with Gasteiger partial charge >= 0.3 is 0 Å². The van der Waals surface area contributed by atoms with Gasteiger partial charge in [-0.05, 0) is 88.2 Å². The first-order valence-electron chi connectivity index (χ1n) is 12.3. The van der Waals surface area contributed by atoms with E-state index in [1.165, 1.54) is 11.8 Å². The number of aromatic nitrogens is 4. The van der Waals surface area contributed by atoms with Gasteiger partial charge in [0.1, 0.15) is 11.9 Å². The van der Waals surface area contributed by atoms with Gasteiger partial charge in [-0.15, -0.1) is 11.5 Å². The highest BCUT2D eigenvalue weighted by Gasteiger charge is 2.20. The highest BCUT2D eigenvalue weighted by atomic mass is 32.2. The van der Waals surface area contributed by atoms with Crippen molar-refractivity contribution in [1.82, 2.24) is 20.2 Å². The third kappa shape index (κ3) is 7.93. The van der Waals surface area contributed by atoms with Gasteiger partial charge in [-0.3, -0.25) is 4.79 Å². The predicted octanol–water partition coefficient (Wildman–Crippen LogP) is 3.95. The number of ether oxygens (including phenoxy) is 1. The number of phenolic OH excluding ortho intramolecular Hbond substituents is 1. The van der Waals surface area contributed by atoms with E-state index < -0.39 is 5.91 Å². The number of benzene rings is 3. The molecule has 0 unspecified atom stereocenters. The third-order valence-electron chi connectivity index (χ3n) is 5.27. The average molecular weight is 576 g/mol. The number of hydrogen-bond acceptors (Lipinski definition) is 7. The van der Waals surface area contributed by atoms with E-state index in [1.807, 2.05) is 19.1 Å². The van der Waals surface area contributed by atoms with E-state index in [0.717, 1.165) is 5.39 Å². The zero-order valence-corrected chi connectivity index (χ0v) is 23.3. The van der Waals surface area contributed by atoms with Crippen molar-refractivity contribution in [2.24, 2.45) is 0 Å². The van der Waals surface area contributed by atoms with E-state index in [1.54, 1.807) is 47.1 Å². The second kappa shape index (κ2) is 15.2. The number of hydrogen-bond donors (Lipinski definition) is 2. The van der Waals surface area contributed by atoms with Crippen molar-refractivity contribution in [3.63, 3.8) is 0 Å². The summed E-state index contributed by atoms with van der Waals surface area (Å²) < 4.78 is 7.14. The second-order valence-corrected chi connectivity index (χ2v) is 8.88. The number of aromatic hydroxyl groups is 1. The number of phenols is 1. The van der Waals surface area contributed by atoms with Crippen molar-refractivity contribution >= 4 is 34.1 Å². The first-order valence-corrected chi connectivity index (χ1v) is 13.2. The van der Waals surface area contributed by atoms with Crippen LogP contribution in [-0.4, -0.2) is 31.2 Å². The first kappa shape index (κ1) is 29.3. The number of fused-ring (bicyclic) bond motifs is 1. The topological polar surface area (TPSA) is 102 Å². The zero-order valence-electron chi connectivity index (χ0n) is 22.4. The number of tetrazole rings is 1. The van der Waals surface area contributed by atoms with Crippen LogP contribution in [0.3, 0.4) is 0 Å². The molecule has 202 valence electrons. The molecule has 2 N–H and O–H groups in total. The van der Waals surface area contributed by atoms with Gasteiger partial charge in [0.15, 0.2) is 5.75 Å². The molecule has 4 aromatic rings. The van der Waals surface area contributed by atoms with Crippen molar-refractivity contribution in [3.8, 4) is 95.1 Å². The smallest absolute Gasteiger partial charge is 0.259 e. The Morgan fingerprint density at radius 3 is 2.26 bits per heavy atom. The average Bonchev–Trinajstić information content (AvgIpc) is 3.48. The summed E-state index contributed by atoms with van der Waals surface area (Å²) in [4.78, 5) is 14.1. The zero-order chi connectivity index (χ0) is 30.3. The van der Waals surface area contributed by atoms with Crippen LogP contribution in [0.25, 0.3) is 10.8 Å². The minimum Gasteiger partial charge on any atom is -0.506 e. The van der Waals surface area contributed by atoms with E-state index >= 15 is 0 Å². The Hall–Kier alpha value is -6.67. The van der Waals surface area contributed by atoms with Gasteiger partial charge in [0.25, 0.3) is 5.91 Å². The molecule has 0 aliphatic carbocycles. The molecule has 0 spiro atoms. The number of para-hydroxylation sites is 2. The highest BCUT2D eigenvalue weighted by molar-refractivity contribution is 7.99. The third-order valence-corrected chi connectivity index (χ3v) is 6.30. The molecule has 0 saturated carbocycles. The lowest BCUT2D eigenvalue weighted by molar-refractivity contribution is 0.102. The number of amides is 1. The number of aryl methyl sites for hydroxylation is 1. The number of nitrogens with zero attached hydrogens (tertiary/aromatic N) is 4. The number of terminal acetylenes is 1. The van der Waals surface area contributed by atoms with Crippen LogP contribution >= 0.6 is 11.8 Å². The molecular formula is C34H17N5O3S. The summed E-state index contributed by atoms with van der Waals surface area (Å²) in [6.07, 6.45) is 7.43. The van der Waals surface area contributed by atoms with Crippen LogP contribution < -0.4 is 10.1 Å². The van der Waals surface area contributed by atoms with Gasteiger partial charge in [0, 0.05) is 52.3 Å². The van der Waals surface area contributed by atoms with Gasteiger partial charge in [-0.25, -0.2) is 4.68 Å². The molecule has 9 heteroatoms. The SMILES string of the molecule is C#CC#CC#CC#CC#CC#CC#COc1ccccc1NC(=O)c1cc(Sc2nnnn2CC)c2ccccc2c1O. The predicted molar refractivity (Wildman–Crippen MR) is 164 cm³/mol. The summed E-state index contributed by atoms with van der Waals surface area (Å²) in [5, 5.41) is 27.4. The number of carbonyl (C=O) groups excluding carboxylic acids is 1. The van der Waals surface area contributed by atoms with E-state index in [9.17, 15) is 9.90 Å². The van der Waals surface area contributed by atoms with E-state index in [0.29, 0.717) is 27.7 Å². The minimum atomic E-state index is -0.548. The molecule has 1 aromatic heterocycles. The van der Waals surface area contributed by atoms with E-state index in [-0.39, 0.29) is 17.1 Å². The van der Waals surface area contributed by atoms with Crippen LogP contribution in [0.4, 0.5) is 5.69 Å². The molecule has 0 saturated heterocycles. The standard InChI is InChI=1S/C34H17N5O3S/c1-3-5-6-7-8-9-10-11-12-13-14-19-24-42-30-23-18-17-22-29(30)35-33(41)28-25-31(43-34-36-37-38-39(34)4-2)26-20-15-16-21-27(26)32(28)40/h1,15-18,20-23,25,40H,4H2,2H3,(H,35,41). The molecule has 3 aromatic carbocycles. The second-order valence-electron chi connectivity index (χ2n) is 7.87. The summed E-state index contributed by atoms with van der Waals surface area (Å²) in [6.45, 7) is 2.50. The Morgan fingerprint density at radius 1 is 0.930 bits per heavy atom. The van der Waals surface area contributed by atoms with Crippen LogP contribution in [0.15, 0.2) is 64.6 Å². The van der Waals surface area contributed by atoms with Crippen LogP contribution in [0, 0.1) is 83.6 Å². The van der Waals surface area contributed by atoms with Crippen LogP contribution in [0.1, 0.15) is 17.3 Å². The van der Waals surface area contributed by atoms with Gasteiger partial charge in [0.2, 0.25) is 5.16 Å². The quantitative estimate of drug-likeness (QED) is 0.336. The normalized spacial score (nSPS) is 8.74. The summed E-state index contributed by atoms with van der Waals surface area (Å²) in [7, 11) is 0. The summed E-state index contributed by atoms with van der Waals surface area (Å²) in [6, 6.07) is 15.6. The Bertz CT molecular complexity index is 2140. The first-order chi connectivity index (χ1) is 21.1. The highest BCUT2D eigenvalue weighted by Crippen LogP contribution is 2.39.